The van der Waals surface area contributed by atoms with Gasteiger partial charge in [-0.2, -0.15) is 0 Å². The maximum atomic E-state index is 5.25. The molecule has 16 heavy (non-hydrogen) atoms. The molecule has 3 N–H and O–H groups in total. The van der Waals surface area contributed by atoms with Crippen molar-refractivity contribution in [2.24, 2.45) is 0 Å². The lowest BCUT2D eigenvalue weighted by Crippen LogP contribution is -2.52. The molecule has 0 radical (unpaired) electrons. The number of hydrazine groups is 1. The Balaban J connectivity index is 2.18. The van der Waals surface area contributed by atoms with Crippen LogP contribution in [0.15, 0.2) is 12.7 Å². The normalized spacial score (nSPS) is 15.1. The van der Waals surface area contributed by atoms with Crippen LogP contribution in [-0.4, -0.2) is 34.8 Å². The van der Waals surface area contributed by atoms with Crippen molar-refractivity contribution >= 4 is 34.7 Å². The first-order valence-electron chi connectivity index (χ1n) is 5.43. The van der Waals surface area contributed by atoms with Crippen LogP contribution in [0.1, 0.15) is 19.3 Å². The van der Waals surface area contributed by atoms with Gasteiger partial charge in [0.2, 0.25) is 0 Å². The molecule has 1 aliphatic heterocycles. The molecule has 0 spiro atoms. The predicted molar refractivity (Wildman–Crippen MR) is 75.1 cm³/mol. The molecule has 0 saturated carbocycles. The molecule has 0 unspecified atom stereocenters. The van der Waals surface area contributed by atoms with E-state index >= 15 is 0 Å². The average molecular weight is 258 g/mol. The molecule has 1 aliphatic rings. The van der Waals surface area contributed by atoms with Crippen LogP contribution in [0, 0.1) is 0 Å². The summed E-state index contributed by atoms with van der Waals surface area (Å²) in [6.45, 7) is 6.30. The third kappa shape index (κ3) is 4.76. The van der Waals surface area contributed by atoms with Crippen molar-refractivity contribution in [2.45, 2.75) is 19.3 Å². The van der Waals surface area contributed by atoms with Crippen LogP contribution in [0.2, 0.25) is 0 Å². The number of hydrogen-bond donors (Lipinski definition) is 3. The number of piperidine rings is 1. The lowest BCUT2D eigenvalue weighted by Gasteiger charge is -2.29. The Morgan fingerprint density at radius 1 is 1.19 bits per heavy atom. The zero-order valence-corrected chi connectivity index (χ0v) is 10.9. The van der Waals surface area contributed by atoms with Gasteiger partial charge in [0.1, 0.15) is 0 Å². The Labute approximate surface area is 107 Å². The molecule has 0 aliphatic carbocycles. The summed E-state index contributed by atoms with van der Waals surface area (Å²) in [6, 6.07) is 0. The lowest BCUT2D eigenvalue weighted by molar-refractivity contribution is 0.336. The fraction of sp³-hybridized carbons (Fsp3) is 0.600. The van der Waals surface area contributed by atoms with Gasteiger partial charge in [-0.15, -0.1) is 6.58 Å². The van der Waals surface area contributed by atoms with Crippen LogP contribution < -0.4 is 16.2 Å². The second-order valence-corrected chi connectivity index (χ2v) is 4.40. The number of nitrogens with one attached hydrogen (secondary N) is 3. The fourth-order valence-corrected chi connectivity index (χ4v) is 1.86. The molecule has 0 aromatic heterocycles. The number of rotatable bonds is 2. The summed E-state index contributed by atoms with van der Waals surface area (Å²) in [5.41, 5.74) is 5.78. The highest BCUT2D eigenvalue weighted by Crippen LogP contribution is 2.07. The maximum absolute atomic E-state index is 5.25. The molecule has 90 valence electrons. The van der Waals surface area contributed by atoms with Crippen LogP contribution in [-0.2, 0) is 0 Å². The van der Waals surface area contributed by atoms with Crippen LogP contribution in [0.3, 0.4) is 0 Å². The zero-order valence-electron chi connectivity index (χ0n) is 9.29. The molecule has 0 aromatic carbocycles. The highest BCUT2D eigenvalue weighted by molar-refractivity contribution is 7.80. The predicted octanol–water partition coefficient (Wildman–Crippen LogP) is 0.912. The highest BCUT2D eigenvalue weighted by atomic mass is 32.1. The van der Waals surface area contributed by atoms with Gasteiger partial charge in [-0.3, -0.25) is 10.9 Å². The topological polar surface area (TPSA) is 39.3 Å². The van der Waals surface area contributed by atoms with Crippen molar-refractivity contribution in [1.82, 2.24) is 21.1 Å². The Kier molecular flexibility index (Phi) is 6.10. The molecular weight excluding hydrogens is 240 g/mol. The lowest BCUT2D eigenvalue weighted by atomic mass is 10.1. The van der Waals surface area contributed by atoms with E-state index in [1.165, 1.54) is 19.3 Å². The van der Waals surface area contributed by atoms with Crippen molar-refractivity contribution in [2.75, 3.05) is 19.6 Å². The minimum atomic E-state index is 0.527. The number of likely N-dealkylation sites (tertiary alicyclic amines) is 1. The molecule has 1 rings (SSSR count). The van der Waals surface area contributed by atoms with E-state index in [-0.39, 0.29) is 0 Å². The first kappa shape index (κ1) is 13.2. The molecule has 0 atom stereocenters. The molecule has 4 nitrogen and oxygen atoms in total. The second-order valence-electron chi connectivity index (χ2n) is 3.60. The first-order valence-corrected chi connectivity index (χ1v) is 6.25. The maximum Gasteiger partial charge on any atom is 0.187 e. The minimum Gasteiger partial charge on any atom is -0.358 e. The van der Waals surface area contributed by atoms with Crippen LogP contribution in [0.5, 0.6) is 0 Å². The van der Waals surface area contributed by atoms with Gasteiger partial charge in [-0.1, -0.05) is 6.08 Å². The van der Waals surface area contributed by atoms with Gasteiger partial charge in [-0.25, -0.2) is 0 Å². The van der Waals surface area contributed by atoms with Crippen LogP contribution >= 0.6 is 24.4 Å². The van der Waals surface area contributed by atoms with E-state index in [9.17, 15) is 0 Å². The number of thiocarbonyl (C=S) groups is 2. The zero-order chi connectivity index (χ0) is 11.8. The standard InChI is InChI=1S/C10H18N4S2/c1-2-6-11-9(15)12-13-10(16)14-7-4-3-5-8-14/h2H,1,3-8H2,(H,13,16)(H2,11,12,15). The summed E-state index contributed by atoms with van der Waals surface area (Å²) in [4.78, 5) is 2.15. The molecule has 1 saturated heterocycles. The summed E-state index contributed by atoms with van der Waals surface area (Å²) in [7, 11) is 0. The summed E-state index contributed by atoms with van der Waals surface area (Å²) >= 11 is 10.3. The van der Waals surface area contributed by atoms with E-state index in [0.717, 1.165) is 13.1 Å². The van der Waals surface area contributed by atoms with Gasteiger partial charge in [0.05, 0.1) is 0 Å². The van der Waals surface area contributed by atoms with E-state index in [4.69, 9.17) is 24.4 Å². The van der Waals surface area contributed by atoms with E-state index in [0.29, 0.717) is 16.8 Å². The van der Waals surface area contributed by atoms with Gasteiger partial charge in [0.15, 0.2) is 10.2 Å². The second kappa shape index (κ2) is 7.40. The average Bonchev–Trinajstić information content (AvgIpc) is 2.34. The smallest absolute Gasteiger partial charge is 0.187 e. The quantitative estimate of drug-likeness (QED) is 0.388. The highest BCUT2D eigenvalue weighted by Gasteiger charge is 2.12. The molecule has 1 fully saturated rings. The van der Waals surface area contributed by atoms with Crippen LogP contribution in [0.25, 0.3) is 0 Å². The largest absolute Gasteiger partial charge is 0.358 e. The molecule has 6 heteroatoms. The Morgan fingerprint density at radius 3 is 2.50 bits per heavy atom. The Bertz CT molecular complexity index is 262. The summed E-state index contributed by atoms with van der Waals surface area (Å²) in [6.07, 6.45) is 5.46. The SMILES string of the molecule is C=CCNC(=S)NNC(=S)N1CCCCC1. The van der Waals surface area contributed by atoms with Crippen molar-refractivity contribution in [1.29, 1.82) is 0 Å². The number of nitrogens with zero attached hydrogens (tertiary/aromatic N) is 1. The van der Waals surface area contributed by atoms with Crippen molar-refractivity contribution < 1.29 is 0 Å². The van der Waals surface area contributed by atoms with Gasteiger partial charge in [0.25, 0.3) is 0 Å². The van der Waals surface area contributed by atoms with E-state index < -0.39 is 0 Å². The Morgan fingerprint density at radius 2 is 1.88 bits per heavy atom. The van der Waals surface area contributed by atoms with E-state index in [2.05, 4.69) is 27.6 Å². The molecule has 0 bridgehead atoms. The molecular formula is C10H18N4S2. The van der Waals surface area contributed by atoms with Gasteiger partial charge < -0.3 is 10.2 Å². The van der Waals surface area contributed by atoms with E-state index in [1.807, 2.05) is 0 Å². The first-order chi connectivity index (χ1) is 7.74. The van der Waals surface area contributed by atoms with Crippen LogP contribution in [0.4, 0.5) is 0 Å². The summed E-state index contributed by atoms with van der Waals surface area (Å²) in [5.74, 6) is 0. The van der Waals surface area contributed by atoms with Crippen molar-refractivity contribution in [3.8, 4) is 0 Å². The molecule has 1 heterocycles. The Hall–Kier alpha value is -0.880. The van der Waals surface area contributed by atoms with E-state index in [1.54, 1.807) is 6.08 Å². The van der Waals surface area contributed by atoms with Gasteiger partial charge >= 0.3 is 0 Å². The third-order valence-electron chi connectivity index (χ3n) is 2.33. The van der Waals surface area contributed by atoms with Crippen molar-refractivity contribution in [3.63, 3.8) is 0 Å². The molecule has 0 aromatic rings. The fourth-order valence-electron chi connectivity index (χ4n) is 1.50. The minimum absolute atomic E-state index is 0.527. The molecule has 0 amide bonds. The monoisotopic (exact) mass is 258 g/mol. The summed E-state index contributed by atoms with van der Waals surface area (Å²) in [5, 5.41) is 4.19. The summed E-state index contributed by atoms with van der Waals surface area (Å²) < 4.78 is 0. The van der Waals surface area contributed by atoms with Crippen molar-refractivity contribution in [3.05, 3.63) is 12.7 Å². The number of hydrogen-bond acceptors (Lipinski definition) is 2. The third-order valence-corrected chi connectivity index (χ3v) is 2.94. The van der Waals surface area contributed by atoms with Gasteiger partial charge in [0, 0.05) is 19.6 Å². The van der Waals surface area contributed by atoms with Gasteiger partial charge in [-0.05, 0) is 43.7 Å².